The Labute approximate surface area is 118 Å². The van der Waals surface area contributed by atoms with Gasteiger partial charge < -0.3 is 15.5 Å². The molecule has 0 saturated heterocycles. The first-order chi connectivity index (χ1) is 9.19. The van der Waals surface area contributed by atoms with Crippen LogP contribution in [0, 0.1) is 0 Å². The van der Waals surface area contributed by atoms with Gasteiger partial charge in [0.15, 0.2) is 5.69 Å². The maximum atomic E-state index is 11.6. The van der Waals surface area contributed by atoms with Crippen LogP contribution in [0.1, 0.15) is 31.3 Å². The molecule has 2 N–H and O–H groups in total. The molecule has 0 saturated carbocycles. The first kappa shape index (κ1) is 15.9. The minimum absolute atomic E-state index is 0.104. The van der Waals surface area contributed by atoms with Gasteiger partial charge in [-0.2, -0.15) is 0 Å². The summed E-state index contributed by atoms with van der Waals surface area (Å²) in [6, 6.07) is 3.19. The topological polar surface area (TPSA) is 87.2 Å². The van der Waals surface area contributed by atoms with Crippen molar-refractivity contribution in [3.63, 3.8) is 0 Å². The molecule has 1 rings (SSSR count). The highest BCUT2D eigenvalue weighted by Gasteiger charge is 2.14. The van der Waals surface area contributed by atoms with Crippen molar-refractivity contribution in [3.8, 4) is 0 Å². The molecule has 0 radical (unpaired) electrons. The summed E-state index contributed by atoms with van der Waals surface area (Å²) in [5, 5.41) is 13.4. The summed E-state index contributed by atoms with van der Waals surface area (Å²) in [6.07, 6.45) is 0. The molecule has 7 heteroatoms. The van der Waals surface area contributed by atoms with Gasteiger partial charge in [-0.1, -0.05) is 0 Å². The quantitative estimate of drug-likeness (QED) is 0.838. The van der Waals surface area contributed by atoms with Gasteiger partial charge >= 0.3 is 0 Å². The number of amides is 2. The Morgan fingerprint density at radius 2 is 1.85 bits per heavy atom. The fraction of sp³-hybridized carbons (Fsp3) is 0.538. The van der Waals surface area contributed by atoms with Crippen molar-refractivity contribution in [2.45, 2.75) is 26.3 Å². The molecule has 0 unspecified atom stereocenters. The van der Waals surface area contributed by atoms with E-state index in [9.17, 15) is 9.59 Å². The van der Waals surface area contributed by atoms with E-state index in [0.717, 1.165) is 0 Å². The molecule has 1 heterocycles. The largest absolute Gasteiger partial charge is 0.360 e. The van der Waals surface area contributed by atoms with E-state index in [1.807, 2.05) is 20.8 Å². The van der Waals surface area contributed by atoms with Gasteiger partial charge in [-0.15, -0.1) is 10.2 Å². The van der Waals surface area contributed by atoms with Gasteiger partial charge in [-0.3, -0.25) is 9.59 Å². The molecule has 1 aromatic rings. The Morgan fingerprint density at radius 3 is 2.30 bits per heavy atom. The Kier molecular flexibility index (Phi) is 5.01. The van der Waals surface area contributed by atoms with Crippen LogP contribution in [0.4, 0.5) is 5.82 Å². The van der Waals surface area contributed by atoms with Crippen LogP contribution >= 0.6 is 0 Å². The van der Waals surface area contributed by atoms with Gasteiger partial charge in [0.1, 0.15) is 5.82 Å². The summed E-state index contributed by atoms with van der Waals surface area (Å²) in [7, 11) is 3.29. The average molecular weight is 279 g/mol. The number of rotatable bonds is 4. The molecule has 0 atom stereocenters. The average Bonchev–Trinajstić information content (AvgIpc) is 2.34. The third-order valence-electron chi connectivity index (χ3n) is 2.23. The lowest BCUT2D eigenvalue weighted by Crippen LogP contribution is -2.43. The van der Waals surface area contributed by atoms with Crippen molar-refractivity contribution in [2.24, 2.45) is 0 Å². The molecule has 0 aliphatic carbocycles. The Morgan fingerprint density at radius 1 is 1.20 bits per heavy atom. The fourth-order valence-corrected chi connectivity index (χ4v) is 1.40. The molecule has 20 heavy (non-hydrogen) atoms. The Hall–Kier alpha value is -2.18. The van der Waals surface area contributed by atoms with Crippen LogP contribution in [-0.4, -0.2) is 53.1 Å². The van der Waals surface area contributed by atoms with Gasteiger partial charge in [0.05, 0.1) is 6.54 Å². The van der Waals surface area contributed by atoms with E-state index in [2.05, 4.69) is 20.8 Å². The third kappa shape index (κ3) is 5.21. The lowest BCUT2D eigenvalue weighted by atomic mass is 10.1. The molecule has 1 aromatic heterocycles. The zero-order chi connectivity index (χ0) is 15.3. The Balaban J connectivity index is 2.54. The molecule has 2 amide bonds. The predicted octanol–water partition coefficient (Wildman–Crippen LogP) is 0.505. The van der Waals surface area contributed by atoms with Crippen LogP contribution in [0.25, 0.3) is 0 Å². The second kappa shape index (κ2) is 6.31. The predicted molar refractivity (Wildman–Crippen MR) is 76.4 cm³/mol. The van der Waals surface area contributed by atoms with Crippen LogP contribution in [-0.2, 0) is 4.79 Å². The number of aromatic nitrogens is 2. The van der Waals surface area contributed by atoms with Crippen LogP contribution in [0.15, 0.2) is 12.1 Å². The van der Waals surface area contributed by atoms with Gasteiger partial charge in [0.2, 0.25) is 5.91 Å². The smallest absolute Gasteiger partial charge is 0.273 e. The number of nitrogens with zero attached hydrogens (tertiary/aromatic N) is 3. The van der Waals surface area contributed by atoms with Crippen LogP contribution in [0.2, 0.25) is 0 Å². The van der Waals surface area contributed by atoms with Gasteiger partial charge in [0, 0.05) is 19.6 Å². The van der Waals surface area contributed by atoms with Crippen molar-refractivity contribution >= 4 is 17.6 Å². The molecular formula is C13H21N5O2. The van der Waals surface area contributed by atoms with Crippen LogP contribution in [0.5, 0.6) is 0 Å². The normalized spacial score (nSPS) is 10.8. The first-order valence-corrected chi connectivity index (χ1v) is 6.29. The Bertz CT molecular complexity index is 477. The lowest BCUT2D eigenvalue weighted by molar-refractivity contribution is -0.120. The molecule has 0 fully saturated rings. The van der Waals surface area contributed by atoms with Crippen molar-refractivity contribution in [3.05, 3.63) is 17.8 Å². The number of nitrogens with one attached hydrogen (secondary N) is 2. The summed E-state index contributed by atoms with van der Waals surface area (Å²) in [4.78, 5) is 24.7. The lowest BCUT2D eigenvalue weighted by Gasteiger charge is -2.20. The maximum absolute atomic E-state index is 11.6. The standard InChI is InChI=1S/C13H21N5O2/c1-13(2,3)15-11(19)8-14-10-7-6-9(16-17-10)12(20)18(4)5/h6-7H,8H2,1-5H3,(H,14,17)(H,15,19). The van der Waals surface area contributed by atoms with E-state index in [0.29, 0.717) is 5.82 Å². The van der Waals surface area contributed by atoms with E-state index in [4.69, 9.17) is 0 Å². The number of hydrogen-bond donors (Lipinski definition) is 2. The molecule has 0 bridgehead atoms. The van der Waals surface area contributed by atoms with E-state index >= 15 is 0 Å². The van der Waals surface area contributed by atoms with Crippen molar-refractivity contribution in [1.29, 1.82) is 0 Å². The zero-order valence-electron chi connectivity index (χ0n) is 12.5. The third-order valence-corrected chi connectivity index (χ3v) is 2.23. The minimum Gasteiger partial charge on any atom is -0.360 e. The van der Waals surface area contributed by atoms with Gasteiger partial charge in [-0.25, -0.2) is 0 Å². The second-order valence-corrected chi connectivity index (χ2v) is 5.66. The summed E-state index contributed by atoms with van der Waals surface area (Å²) in [6.45, 7) is 5.83. The molecule has 0 aliphatic heterocycles. The molecule has 0 aromatic carbocycles. The summed E-state index contributed by atoms with van der Waals surface area (Å²) in [5.74, 6) is 0.103. The summed E-state index contributed by atoms with van der Waals surface area (Å²) >= 11 is 0. The second-order valence-electron chi connectivity index (χ2n) is 5.66. The maximum Gasteiger partial charge on any atom is 0.273 e. The highest BCUT2D eigenvalue weighted by atomic mass is 16.2. The number of carbonyl (C=O) groups excluding carboxylic acids is 2. The van der Waals surface area contributed by atoms with Crippen LogP contribution in [0.3, 0.4) is 0 Å². The van der Waals surface area contributed by atoms with E-state index < -0.39 is 0 Å². The monoisotopic (exact) mass is 279 g/mol. The van der Waals surface area contributed by atoms with Crippen molar-refractivity contribution < 1.29 is 9.59 Å². The summed E-state index contributed by atoms with van der Waals surface area (Å²) < 4.78 is 0. The van der Waals surface area contributed by atoms with E-state index in [-0.39, 0.29) is 29.6 Å². The zero-order valence-corrected chi connectivity index (χ0v) is 12.5. The molecule has 0 aliphatic rings. The highest BCUT2D eigenvalue weighted by Crippen LogP contribution is 2.04. The molecule has 0 spiro atoms. The molecule has 7 nitrogen and oxygen atoms in total. The van der Waals surface area contributed by atoms with Crippen molar-refractivity contribution in [1.82, 2.24) is 20.4 Å². The summed E-state index contributed by atoms with van der Waals surface area (Å²) in [5.41, 5.74) is -0.00779. The van der Waals surface area contributed by atoms with Gasteiger partial charge in [-0.05, 0) is 32.9 Å². The number of anilines is 1. The SMILES string of the molecule is CN(C)C(=O)c1ccc(NCC(=O)NC(C)(C)C)nn1. The number of hydrogen-bond acceptors (Lipinski definition) is 5. The molecular weight excluding hydrogens is 258 g/mol. The molecule has 110 valence electrons. The van der Waals surface area contributed by atoms with E-state index in [1.54, 1.807) is 26.2 Å². The van der Waals surface area contributed by atoms with Gasteiger partial charge in [0.25, 0.3) is 5.91 Å². The highest BCUT2D eigenvalue weighted by molar-refractivity contribution is 5.91. The minimum atomic E-state index is -0.271. The first-order valence-electron chi connectivity index (χ1n) is 6.29. The number of carbonyl (C=O) groups is 2. The van der Waals surface area contributed by atoms with E-state index in [1.165, 1.54) is 4.90 Å². The van der Waals surface area contributed by atoms with Crippen LogP contribution < -0.4 is 10.6 Å². The van der Waals surface area contributed by atoms with Crippen molar-refractivity contribution in [2.75, 3.05) is 26.0 Å². The fourth-order valence-electron chi connectivity index (χ4n) is 1.40.